The molecule has 1 aromatic rings. The van der Waals surface area contributed by atoms with Gasteiger partial charge < -0.3 is 18.5 Å². The highest BCUT2D eigenvalue weighted by molar-refractivity contribution is 7.53. The van der Waals surface area contributed by atoms with Gasteiger partial charge in [-0.2, -0.15) is 0 Å². The summed E-state index contributed by atoms with van der Waals surface area (Å²) in [6.07, 6.45) is 2.06. The minimum absolute atomic E-state index is 0.302. The molecule has 0 unspecified atom stereocenters. The van der Waals surface area contributed by atoms with E-state index < -0.39 is 13.4 Å². The van der Waals surface area contributed by atoms with Crippen molar-refractivity contribution in [2.75, 3.05) is 26.4 Å². The number of rotatable bonds is 6. The van der Waals surface area contributed by atoms with Crippen LogP contribution in [0.4, 0.5) is 0 Å². The third kappa shape index (κ3) is 3.01. The van der Waals surface area contributed by atoms with Gasteiger partial charge in [-0.25, -0.2) is 0 Å². The maximum atomic E-state index is 12.6. The SMILES string of the molecule is CCOP(=O)(Cc1ccc2c(c1)CCC21OCCO1)OCC. The fourth-order valence-electron chi connectivity index (χ4n) is 3.26. The van der Waals surface area contributed by atoms with E-state index >= 15 is 0 Å². The molecule has 1 heterocycles. The van der Waals surface area contributed by atoms with Gasteiger partial charge in [0.25, 0.3) is 0 Å². The zero-order valence-corrected chi connectivity index (χ0v) is 14.1. The molecule has 1 saturated heterocycles. The van der Waals surface area contributed by atoms with Crippen LogP contribution in [-0.2, 0) is 41.5 Å². The van der Waals surface area contributed by atoms with Gasteiger partial charge in [0, 0.05) is 12.0 Å². The Morgan fingerprint density at radius 3 is 2.50 bits per heavy atom. The standard InChI is InChI=1S/C16H23O5P/c1-3-20-22(17,21-4-2)12-13-5-6-15-14(11-13)7-8-16(15)18-9-10-19-16/h5-6,11H,3-4,7-10,12H2,1-2H3. The summed E-state index contributed by atoms with van der Waals surface area (Å²) >= 11 is 0. The molecule has 3 rings (SSSR count). The summed E-state index contributed by atoms with van der Waals surface area (Å²) in [5.74, 6) is -0.544. The molecular formula is C16H23O5P. The first-order chi connectivity index (χ1) is 10.6. The summed E-state index contributed by atoms with van der Waals surface area (Å²) in [7, 11) is -3.06. The second-order valence-electron chi connectivity index (χ2n) is 5.55. The van der Waals surface area contributed by atoms with Crippen LogP contribution >= 0.6 is 7.60 Å². The quantitative estimate of drug-likeness (QED) is 0.748. The Balaban J connectivity index is 1.81. The lowest BCUT2D eigenvalue weighted by molar-refractivity contribution is -0.163. The van der Waals surface area contributed by atoms with Crippen molar-refractivity contribution in [3.05, 3.63) is 34.9 Å². The van der Waals surface area contributed by atoms with Crippen molar-refractivity contribution in [1.29, 1.82) is 0 Å². The molecule has 1 aliphatic carbocycles. The van der Waals surface area contributed by atoms with Gasteiger partial charge in [-0.1, -0.05) is 18.2 Å². The minimum atomic E-state index is -3.06. The number of hydrogen-bond donors (Lipinski definition) is 0. The molecule has 1 aromatic carbocycles. The molecule has 22 heavy (non-hydrogen) atoms. The van der Waals surface area contributed by atoms with Crippen LogP contribution in [0.5, 0.6) is 0 Å². The largest absolute Gasteiger partial charge is 0.343 e. The third-order valence-electron chi connectivity index (χ3n) is 4.09. The Morgan fingerprint density at radius 1 is 1.18 bits per heavy atom. The normalized spacial score (nSPS) is 19.7. The summed E-state index contributed by atoms with van der Waals surface area (Å²) in [5.41, 5.74) is 3.29. The average Bonchev–Trinajstić information content (AvgIpc) is 3.08. The van der Waals surface area contributed by atoms with Gasteiger partial charge in [0.05, 0.1) is 32.6 Å². The summed E-state index contributed by atoms with van der Waals surface area (Å²) in [6.45, 7) is 5.70. The van der Waals surface area contributed by atoms with Crippen LogP contribution in [0, 0.1) is 0 Å². The van der Waals surface area contributed by atoms with Crippen molar-refractivity contribution >= 4 is 7.60 Å². The van der Waals surface area contributed by atoms with Gasteiger partial charge in [-0.3, -0.25) is 4.57 Å². The smallest absolute Gasteiger partial charge is 0.335 e. The first-order valence-electron chi connectivity index (χ1n) is 7.89. The van der Waals surface area contributed by atoms with E-state index in [0.29, 0.717) is 32.6 Å². The van der Waals surface area contributed by atoms with Gasteiger partial charge >= 0.3 is 7.60 Å². The fourth-order valence-corrected chi connectivity index (χ4v) is 4.95. The average molecular weight is 326 g/mol. The van der Waals surface area contributed by atoms with E-state index in [9.17, 15) is 4.57 Å². The van der Waals surface area contributed by atoms with E-state index in [1.54, 1.807) is 0 Å². The monoisotopic (exact) mass is 326 g/mol. The van der Waals surface area contributed by atoms with Gasteiger partial charge in [0.1, 0.15) is 0 Å². The number of aryl methyl sites for hydroxylation is 1. The van der Waals surface area contributed by atoms with Gasteiger partial charge in [-0.15, -0.1) is 0 Å². The minimum Gasteiger partial charge on any atom is -0.343 e. The number of ether oxygens (including phenoxy) is 2. The van der Waals surface area contributed by atoms with Crippen LogP contribution in [0.3, 0.4) is 0 Å². The zero-order chi connectivity index (χ0) is 15.6. The lowest BCUT2D eigenvalue weighted by Gasteiger charge is -2.23. The van der Waals surface area contributed by atoms with Crippen LogP contribution in [0.25, 0.3) is 0 Å². The van der Waals surface area contributed by atoms with Crippen LogP contribution in [0.2, 0.25) is 0 Å². The topological polar surface area (TPSA) is 54.0 Å². The van der Waals surface area contributed by atoms with E-state index in [-0.39, 0.29) is 0 Å². The summed E-state index contributed by atoms with van der Waals surface area (Å²) in [5, 5.41) is 0. The zero-order valence-electron chi connectivity index (χ0n) is 13.2. The Bertz CT molecular complexity index is 570. The number of fused-ring (bicyclic) bond motifs is 2. The van der Waals surface area contributed by atoms with Crippen LogP contribution < -0.4 is 0 Å². The van der Waals surface area contributed by atoms with E-state index in [4.69, 9.17) is 18.5 Å². The van der Waals surface area contributed by atoms with Crippen molar-refractivity contribution in [3.8, 4) is 0 Å². The summed E-state index contributed by atoms with van der Waals surface area (Å²) < 4.78 is 35.0. The number of hydrogen-bond acceptors (Lipinski definition) is 5. The van der Waals surface area contributed by atoms with Crippen molar-refractivity contribution in [3.63, 3.8) is 0 Å². The molecule has 1 fully saturated rings. The molecular weight excluding hydrogens is 303 g/mol. The van der Waals surface area contributed by atoms with E-state index in [1.165, 1.54) is 5.56 Å². The van der Waals surface area contributed by atoms with Gasteiger partial charge in [0.2, 0.25) is 0 Å². The second kappa shape index (κ2) is 6.42. The molecule has 0 bridgehead atoms. The van der Waals surface area contributed by atoms with Crippen molar-refractivity contribution in [2.45, 2.75) is 38.6 Å². The maximum absolute atomic E-state index is 12.6. The molecule has 122 valence electrons. The molecule has 0 saturated carbocycles. The Kier molecular flexibility index (Phi) is 4.72. The van der Waals surface area contributed by atoms with Crippen molar-refractivity contribution in [1.82, 2.24) is 0 Å². The lowest BCUT2D eigenvalue weighted by Crippen LogP contribution is -2.23. The Morgan fingerprint density at radius 2 is 1.86 bits per heavy atom. The molecule has 0 radical (unpaired) electrons. The van der Waals surface area contributed by atoms with Gasteiger partial charge in [0.15, 0.2) is 5.79 Å². The molecule has 1 spiro atoms. The molecule has 0 amide bonds. The van der Waals surface area contributed by atoms with E-state index in [1.807, 2.05) is 26.0 Å². The number of benzene rings is 1. The van der Waals surface area contributed by atoms with Crippen LogP contribution in [0.15, 0.2) is 18.2 Å². The molecule has 6 heteroatoms. The molecule has 0 atom stereocenters. The third-order valence-corrected chi connectivity index (χ3v) is 6.14. The summed E-state index contributed by atoms with van der Waals surface area (Å²) in [4.78, 5) is 0. The van der Waals surface area contributed by atoms with Crippen LogP contribution in [0.1, 0.15) is 37.0 Å². The molecule has 1 aliphatic heterocycles. The summed E-state index contributed by atoms with van der Waals surface area (Å²) in [6, 6.07) is 6.09. The molecule has 0 N–H and O–H groups in total. The Hall–Kier alpha value is -0.710. The highest BCUT2D eigenvalue weighted by Crippen LogP contribution is 2.52. The molecule has 0 aromatic heterocycles. The van der Waals surface area contributed by atoms with E-state index in [2.05, 4.69) is 6.07 Å². The maximum Gasteiger partial charge on any atom is 0.335 e. The lowest BCUT2D eigenvalue weighted by atomic mass is 10.0. The molecule has 2 aliphatic rings. The fraction of sp³-hybridized carbons (Fsp3) is 0.625. The Labute approximate surface area is 131 Å². The highest BCUT2D eigenvalue weighted by atomic mass is 31.2. The highest BCUT2D eigenvalue weighted by Gasteiger charge is 2.44. The molecule has 5 nitrogen and oxygen atoms in total. The first-order valence-corrected chi connectivity index (χ1v) is 9.62. The first kappa shape index (κ1) is 16.2. The van der Waals surface area contributed by atoms with Crippen LogP contribution in [-0.4, -0.2) is 26.4 Å². The predicted molar refractivity (Wildman–Crippen MR) is 82.9 cm³/mol. The second-order valence-corrected chi connectivity index (χ2v) is 7.60. The van der Waals surface area contributed by atoms with Crippen molar-refractivity contribution < 1.29 is 23.1 Å². The van der Waals surface area contributed by atoms with Crippen molar-refractivity contribution in [2.24, 2.45) is 0 Å². The van der Waals surface area contributed by atoms with Gasteiger partial charge in [-0.05, 0) is 31.4 Å². The predicted octanol–water partition coefficient (Wildman–Crippen LogP) is 3.60. The van der Waals surface area contributed by atoms with E-state index in [0.717, 1.165) is 24.0 Å².